The maximum atomic E-state index is 12.5. The molecule has 0 heterocycles. The fraction of sp³-hybridized carbons (Fsp3) is 0.300. The molecule has 2 rings (SSSR count). The second kappa shape index (κ2) is 10.1. The molecule has 162 valence electrons. The summed E-state index contributed by atoms with van der Waals surface area (Å²) >= 11 is 0. The van der Waals surface area contributed by atoms with Gasteiger partial charge in [-0.05, 0) is 31.2 Å². The van der Waals surface area contributed by atoms with Crippen molar-refractivity contribution in [1.29, 1.82) is 0 Å². The molecular formula is C20H25N3O6S. The van der Waals surface area contributed by atoms with Crippen LogP contribution in [0, 0.1) is 6.92 Å². The van der Waals surface area contributed by atoms with Gasteiger partial charge in [-0.25, -0.2) is 13.8 Å². The smallest absolute Gasteiger partial charge is 0.255 e. The number of aryl methyl sites for hydroxylation is 1. The van der Waals surface area contributed by atoms with Crippen LogP contribution in [0.1, 0.15) is 11.1 Å². The molecule has 1 amide bonds. The number of hydrazone groups is 1. The first-order chi connectivity index (χ1) is 14.2. The van der Waals surface area contributed by atoms with Gasteiger partial charge in [-0.1, -0.05) is 17.7 Å². The molecule has 0 saturated heterocycles. The maximum absolute atomic E-state index is 12.5. The highest BCUT2D eigenvalue weighted by molar-refractivity contribution is 7.89. The van der Waals surface area contributed by atoms with E-state index in [2.05, 4.69) is 10.5 Å². The summed E-state index contributed by atoms with van der Waals surface area (Å²) in [5.41, 5.74) is 3.84. The minimum atomic E-state index is -3.78. The summed E-state index contributed by atoms with van der Waals surface area (Å²) < 4.78 is 41.8. The molecule has 0 unspecified atom stereocenters. The Bertz CT molecular complexity index is 994. The van der Waals surface area contributed by atoms with Gasteiger partial charge in [0.1, 0.15) is 0 Å². The van der Waals surface area contributed by atoms with Crippen LogP contribution < -0.4 is 19.6 Å². The highest BCUT2D eigenvalue weighted by atomic mass is 32.2. The van der Waals surface area contributed by atoms with Crippen molar-refractivity contribution in [3.8, 4) is 17.2 Å². The van der Waals surface area contributed by atoms with Crippen LogP contribution in [-0.2, 0) is 14.8 Å². The number of amides is 1. The Kier molecular flexibility index (Phi) is 7.79. The number of likely N-dealkylation sites (N-methyl/N-ethyl adjacent to an activating group) is 1. The van der Waals surface area contributed by atoms with Gasteiger partial charge >= 0.3 is 0 Å². The van der Waals surface area contributed by atoms with Crippen molar-refractivity contribution in [2.75, 3.05) is 34.9 Å². The van der Waals surface area contributed by atoms with Gasteiger partial charge < -0.3 is 14.2 Å². The first-order valence-electron chi connectivity index (χ1n) is 8.87. The molecule has 0 atom stereocenters. The van der Waals surface area contributed by atoms with Crippen LogP contribution in [-0.4, -0.2) is 59.8 Å². The van der Waals surface area contributed by atoms with Gasteiger partial charge in [-0.2, -0.15) is 9.41 Å². The number of methoxy groups -OCH3 is 3. The van der Waals surface area contributed by atoms with E-state index >= 15 is 0 Å². The van der Waals surface area contributed by atoms with Crippen LogP contribution in [0.4, 0.5) is 0 Å². The highest BCUT2D eigenvalue weighted by Gasteiger charge is 2.22. The van der Waals surface area contributed by atoms with Crippen molar-refractivity contribution < 1.29 is 27.4 Å². The highest BCUT2D eigenvalue weighted by Crippen LogP contribution is 2.37. The SMILES string of the molecule is COc1cc(C=NNC(=O)CN(C)S(=O)(=O)c2ccc(C)cc2)cc(OC)c1OC. The average molecular weight is 436 g/mol. The summed E-state index contributed by atoms with van der Waals surface area (Å²) in [5, 5.41) is 3.87. The van der Waals surface area contributed by atoms with Crippen LogP contribution in [0.25, 0.3) is 0 Å². The Hall–Kier alpha value is -3.11. The molecule has 0 aliphatic heterocycles. The number of benzene rings is 2. The molecule has 10 heteroatoms. The van der Waals surface area contributed by atoms with E-state index in [1.54, 1.807) is 24.3 Å². The van der Waals surface area contributed by atoms with Gasteiger partial charge in [-0.3, -0.25) is 4.79 Å². The molecular weight excluding hydrogens is 410 g/mol. The van der Waals surface area contributed by atoms with E-state index in [9.17, 15) is 13.2 Å². The minimum Gasteiger partial charge on any atom is -0.493 e. The zero-order chi connectivity index (χ0) is 22.3. The number of nitrogens with one attached hydrogen (secondary N) is 1. The normalized spacial score (nSPS) is 11.5. The standard InChI is InChI=1S/C20H25N3O6S/c1-14-6-8-16(9-7-14)30(25,26)23(2)13-19(24)22-21-12-15-10-17(27-3)20(29-5)18(11-15)28-4/h6-12H,13H2,1-5H3,(H,22,24). The molecule has 0 aromatic heterocycles. The van der Waals surface area contributed by atoms with E-state index in [1.165, 1.54) is 46.7 Å². The number of ether oxygens (including phenoxy) is 3. The number of carbonyl (C=O) groups is 1. The Morgan fingerprint density at radius 3 is 2.13 bits per heavy atom. The Labute approximate surface area is 176 Å². The molecule has 0 spiro atoms. The third-order valence-electron chi connectivity index (χ3n) is 4.19. The Morgan fingerprint density at radius 1 is 1.07 bits per heavy atom. The van der Waals surface area contributed by atoms with Gasteiger partial charge in [0, 0.05) is 12.6 Å². The fourth-order valence-corrected chi connectivity index (χ4v) is 3.69. The van der Waals surface area contributed by atoms with Crippen molar-refractivity contribution in [2.45, 2.75) is 11.8 Å². The van der Waals surface area contributed by atoms with Crippen molar-refractivity contribution in [1.82, 2.24) is 9.73 Å². The average Bonchev–Trinajstić information content (AvgIpc) is 2.73. The van der Waals surface area contributed by atoms with Crippen LogP contribution in [0.2, 0.25) is 0 Å². The second-order valence-corrected chi connectivity index (χ2v) is 8.37. The molecule has 0 aliphatic carbocycles. The van der Waals surface area contributed by atoms with Crippen molar-refractivity contribution in [3.63, 3.8) is 0 Å². The lowest BCUT2D eigenvalue weighted by Crippen LogP contribution is -2.36. The molecule has 9 nitrogen and oxygen atoms in total. The van der Waals surface area contributed by atoms with Gasteiger partial charge in [0.25, 0.3) is 5.91 Å². The van der Waals surface area contributed by atoms with Gasteiger partial charge in [-0.15, -0.1) is 0 Å². The van der Waals surface area contributed by atoms with E-state index in [-0.39, 0.29) is 11.4 Å². The number of hydrogen-bond acceptors (Lipinski definition) is 7. The van der Waals surface area contributed by atoms with E-state index in [0.717, 1.165) is 9.87 Å². The van der Waals surface area contributed by atoms with E-state index < -0.39 is 15.9 Å². The van der Waals surface area contributed by atoms with Crippen LogP contribution in [0.3, 0.4) is 0 Å². The lowest BCUT2D eigenvalue weighted by atomic mass is 10.2. The summed E-state index contributed by atoms with van der Waals surface area (Å²) in [6, 6.07) is 9.71. The van der Waals surface area contributed by atoms with Gasteiger partial charge in [0.15, 0.2) is 11.5 Å². The predicted octanol–water partition coefficient (Wildman–Crippen LogP) is 1.79. The first kappa shape index (κ1) is 23.2. The van der Waals surface area contributed by atoms with E-state index in [0.29, 0.717) is 22.8 Å². The summed E-state index contributed by atoms with van der Waals surface area (Å²) in [5.74, 6) is 0.725. The van der Waals surface area contributed by atoms with Crippen molar-refractivity contribution >= 4 is 22.1 Å². The first-order valence-corrected chi connectivity index (χ1v) is 10.3. The molecule has 0 fully saturated rings. The van der Waals surface area contributed by atoms with Gasteiger partial charge in [0.2, 0.25) is 15.8 Å². The Balaban J connectivity index is 2.05. The number of nitrogens with zero attached hydrogens (tertiary/aromatic N) is 2. The van der Waals surface area contributed by atoms with Crippen molar-refractivity contribution in [2.24, 2.45) is 5.10 Å². The molecule has 0 aliphatic rings. The topological polar surface area (TPSA) is 107 Å². The second-order valence-electron chi connectivity index (χ2n) is 6.33. The van der Waals surface area contributed by atoms with Crippen LogP contribution >= 0.6 is 0 Å². The van der Waals surface area contributed by atoms with Crippen LogP contribution in [0.15, 0.2) is 46.4 Å². The van der Waals surface area contributed by atoms with Gasteiger partial charge in [0.05, 0.1) is 39.0 Å². The largest absolute Gasteiger partial charge is 0.493 e. The molecule has 0 saturated carbocycles. The van der Waals surface area contributed by atoms with E-state index in [4.69, 9.17) is 14.2 Å². The van der Waals surface area contributed by atoms with E-state index in [1.807, 2.05) is 6.92 Å². The summed E-state index contributed by atoms with van der Waals surface area (Å²) in [7, 11) is 2.03. The zero-order valence-electron chi connectivity index (χ0n) is 17.5. The third-order valence-corrected chi connectivity index (χ3v) is 6.00. The zero-order valence-corrected chi connectivity index (χ0v) is 18.3. The number of carbonyl (C=O) groups excluding carboxylic acids is 1. The minimum absolute atomic E-state index is 0.115. The third kappa shape index (κ3) is 5.49. The molecule has 2 aromatic carbocycles. The number of rotatable bonds is 9. The Morgan fingerprint density at radius 2 is 1.63 bits per heavy atom. The van der Waals surface area contributed by atoms with Crippen molar-refractivity contribution in [3.05, 3.63) is 47.5 Å². The fourth-order valence-electron chi connectivity index (χ4n) is 2.57. The lowest BCUT2D eigenvalue weighted by molar-refractivity contribution is -0.121. The molecule has 2 aromatic rings. The number of hydrogen-bond donors (Lipinski definition) is 1. The number of sulfonamides is 1. The molecule has 0 bridgehead atoms. The summed E-state index contributed by atoms with van der Waals surface area (Å²) in [6.45, 7) is 1.47. The summed E-state index contributed by atoms with van der Waals surface area (Å²) in [6.07, 6.45) is 1.39. The predicted molar refractivity (Wildman–Crippen MR) is 113 cm³/mol. The monoisotopic (exact) mass is 435 g/mol. The lowest BCUT2D eigenvalue weighted by Gasteiger charge is -2.16. The molecule has 0 radical (unpaired) electrons. The molecule has 30 heavy (non-hydrogen) atoms. The van der Waals surface area contributed by atoms with Crippen LogP contribution in [0.5, 0.6) is 17.2 Å². The quantitative estimate of drug-likeness (QED) is 0.475. The summed E-state index contributed by atoms with van der Waals surface area (Å²) in [4.78, 5) is 12.2. The molecule has 1 N–H and O–H groups in total. The maximum Gasteiger partial charge on any atom is 0.255 e.